The monoisotopic (exact) mass is 306 g/mol. The van der Waals surface area contributed by atoms with Crippen molar-refractivity contribution >= 4 is 29.3 Å². The summed E-state index contributed by atoms with van der Waals surface area (Å²) < 4.78 is 0. The smallest absolute Gasteiger partial charge is 0.335 e. The first-order valence-corrected chi connectivity index (χ1v) is 7.75. The lowest BCUT2D eigenvalue weighted by Gasteiger charge is -2.08. The number of carboxylic acid groups (broad SMARTS) is 1. The molecule has 0 aliphatic carbocycles. The van der Waals surface area contributed by atoms with Crippen LogP contribution in [0.15, 0.2) is 42.5 Å². The minimum Gasteiger partial charge on any atom is -0.478 e. The van der Waals surface area contributed by atoms with Gasteiger partial charge in [-0.15, -0.1) is 0 Å². The number of hydrogen-bond donors (Lipinski definition) is 1. The molecule has 0 heterocycles. The maximum atomic E-state index is 10.9. The molecule has 0 unspecified atom stereocenters. The maximum absolute atomic E-state index is 10.9. The van der Waals surface area contributed by atoms with Gasteiger partial charge in [-0.05, 0) is 41.8 Å². The summed E-state index contributed by atoms with van der Waals surface area (Å²) in [6, 6.07) is 13.1. The number of carboxylic acids is 1. The van der Waals surface area contributed by atoms with E-state index < -0.39 is 5.97 Å². The standard InChI is InChI=1S/C16H15ClO2S/c1-11-8-12(16(18)19)6-7-13(11)9-20-10-14-4-2-3-5-15(14)17/h2-8H,9-10H2,1H3,(H,18,19). The van der Waals surface area contributed by atoms with Gasteiger partial charge >= 0.3 is 5.97 Å². The zero-order valence-corrected chi connectivity index (χ0v) is 12.7. The number of hydrogen-bond acceptors (Lipinski definition) is 2. The van der Waals surface area contributed by atoms with Gasteiger partial charge in [0.15, 0.2) is 0 Å². The predicted molar refractivity (Wildman–Crippen MR) is 84.6 cm³/mol. The Kier molecular flexibility index (Phi) is 5.10. The summed E-state index contributed by atoms with van der Waals surface area (Å²) in [5.41, 5.74) is 3.63. The van der Waals surface area contributed by atoms with Crippen molar-refractivity contribution in [3.8, 4) is 0 Å². The van der Waals surface area contributed by atoms with Gasteiger partial charge in [0.2, 0.25) is 0 Å². The Balaban J connectivity index is 1.98. The molecule has 0 amide bonds. The lowest BCUT2D eigenvalue weighted by molar-refractivity contribution is 0.0697. The fourth-order valence-electron chi connectivity index (χ4n) is 1.88. The molecule has 104 valence electrons. The maximum Gasteiger partial charge on any atom is 0.335 e. The normalized spacial score (nSPS) is 10.5. The summed E-state index contributed by atoms with van der Waals surface area (Å²) in [4.78, 5) is 10.9. The lowest BCUT2D eigenvalue weighted by atomic mass is 10.1. The fourth-order valence-corrected chi connectivity index (χ4v) is 3.28. The van der Waals surface area contributed by atoms with Gasteiger partial charge < -0.3 is 5.11 Å². The minimum atomic E-state index is -0.886. The Bertz CT molecular complexity index is 626. The Morgan fingerprint density at radius 1 is 1.15 bits per heavy atom. The van der Waals surface area contributed by atoms with Crippen LogP contribution in [0.5, 0.6) is 0 Å². The highest BCUT2D eigenvalue weighted by atomic mass is 35.5. The van der Waals surface area contributed by atoms with Crippen LogP contribution in [0.3, 0.4) is 0 Å². The second-order valence-electron chi connectivity index (χ2n) is 4.53. The molecule has 0 fully saturated rings. The Morgan fingerprint density at radius 3 is 2.50 bits per heavy atom. The Morgan fingerprint density at radius 2 is 1.85 bits per heavy atom. The van der Waals surface area contributed by atoms with Gasteiger partial charge in [-0.2, -0.15) is 11.8 Å². The molecular weight excluding hydrogens is 292 g/mol. The second kappa shape index (κ2) is 6.82. The second-order valence-corrected chi connectivity index (χ2v) is 5.92. The molecule has 2 nitrogen and oxygen atoms in total. The highest BCUT2D eigenvalue weighted by Gasteiger charge is 2.06. The van der Waals surface area contributed by atoms with E-state index in [9.17, 15) is 4.79 Å². The van der Waals surface area contributed by atoms with Crippen molar-refractivity contribution in [1.29, 1.82) is 0 Å². The molecule has 2 aromatic carbocycles. The molecule has 0 aliphatic rings. The zero-order chi connectivity index (χ0) is 14.5. The minimum absolute atomic E-state index is 0.336. The van der Waals surface area contributed by atoms with Crippen LogP contribution in [0, 0.1) is 6.92 Å². The van der Waals surface area contributed by atoms with Crippen molar-refractivity contribution < 1.29 is 9.90 Å². The number of rotatable bonds is 5. The van der Waals surface area contributed by atoms with E-state index in [1.54, 1.807) is 23.9 Å². The van der Waals surface area contributed by atoms with E-state index in [1.165, 1.54) is 0 Å². The van der Waals surface area contributed by atoms with Gasteiger partial charge in [-0.1, -0.05) is 35.9 Å². The molecular formula is C16H15ClO2S. The van der Waals surface area contributed by atoms with Crippen LogP contribution < -0.4 is 0 Å². The molecule has 2 rings (SSSR count). The first-order valence-electron chi connectivity index (χ1n) is 6.22. The molecule has 2 aromatic rings. The lowest BCUT2D eigenvalue weighted by Crippen LogP contribution is -1.98. The van der Waals surface area contributed by atoms with E-state index in [0.29, 0.717) is 5.56 Å². The molecule has 0 aliphatic heterocycles. The third-order valence-corrected chi connectivity index (χ3v) is 4.46. The van der Waals surface area contributed by atoms with Crippen molar-refractivity contribution in [2.24, 2.45) is 0 Å². The first kappa shape index (κ1) is 14.9. The summed E-state index contributed by atoms with van der Waals surface area (Å²) in [6.45, 7) is 1.94. The van der Waals surface area contributed by atoms with Crippen LogP contribution in [-0.4, -0.2) is 11.1 Å². The molecule has 1 N–H and O–H groups in total. The highest BCUT2D eigenvalue weighted by molar-refractivity contribution is 7.97. The largest absolute Gasteiger partial charge is 0.478 e. The molecule has 0 spiro atoms. The van der Waals surface area contributed by atoms with Gasteiger partial charge in [0.05, 0.1) is 5.56 Å². The molecule has 20 heavy (non-hydrogen) atoms. The zero-order valence-electron chi connectivity index (χ0n) is 11.1. The fraction of sp³-hybridized carbons (Fsp3) is 0.188. The van der Waals surface area contributed by atoms with Crippen LogP contribution in [0.4, 0.5) is 0 Å². The van der Waals surface area contributed by atoms with E-state index >= 15 is 0 Å². The molecule has 4 heteroatoms. The van der Waals surface area contributed by atoms with Crippen molar-refractivity contribution in [2.75, 3.05) is 0 Å². The van der Waals surface area contributed by atoms with Crippen LogP contribution >= 0.6 is 23.4 Å². The third kappa shape index (κ3) is 3.78. The SMILES string of the molecule is Cc1cc(C(=O)O)ccc1CSCc1ccccc1Cl. The van der Waals surface area contributed by atoms with Crippen LogP contribution in [0.2, 0.25) is 5.02 Å². The number of carbonyl (C=O) groups is 1. The Labute approximate surface area is 127 Å². The van der Waals surface area contributed by atoms with Crippen molar-refractivity contribution in [3.05, 3.63) is 69.7 Å². The highest BCUT2D eigenvalue weighted by Crippen LogP contribution is 2.24. The van der Waals surface area contributed by atoms with Gasteiger partial charge in [-0.25, -0.2) is 4.79 Å². The molecule has 0 radical (unpaired) electrons. The molecule has 0 bridgehead atoms. The number of halogens is 1. The average molecular weight is 307 g/mol. The van der Waals surface area contributed by atoms with Crippen LogP contribution in [0.1, 0.15) is 27.0 Å². The van der Waals surface area contributed by atoms with Crippen LogP contribution in [-0.2, 0) is 11.5 Å². The van der Waals surface area contributed by atoms with Crippen molar-refractivity contribution in [1.82, 2.24) is 0 Å². The predicted octanol–water partition coefficient (Wildman–Crippen LogP) is 4.78. The molecule has 0 saturated carbocycles. The molecule has 0 atom stereocenters. The summed E-state index contributed by atoms with van der Waals surface area (Å²) in [7, 11) is 0. The summed E-state index contributed by atoms with van der Waals surface area (Å²) in [5, 5.41) is 9.73. The summed E-state index contributed by atoms with van der Waals surface area (Å²) >= 11 is 7.88. The van der Waals surface area contributed by atoms with Gasteiger partial charge in [0.25, 0.3) is 0 Å². The van der Waals surface area contributed by atoms with Gasteiger partial charge in [0, 0.05) is 16.5 Å². The number of benzene rings is 2. The van der Waals surface area contributed by atoms with E-state index in [1.807, 2.05) is 37.3 Å². The van der Waals surface area contributed by atoms with Gasteiger partial charge in [0.1, 0.15) is 0 Å². The first-order chi connectivity index (χ1) is 9.58. The van der Waals surface area contributed by atoms with Crippen molar-refractivity contribution in [3.63, 3.8) is 0 Å². The summed E-state index contributed by atoms with van der Waals surface area (Å²) in [6.07, 6.45) is 0. The average Bonchev–Trinajstić information content (AvgIpc) is 2.42. The molecule has 0 aromatic heterocycles. The number of aromatic carboxylic acids is 1. The van der Waals surface area contributed by atoms with Gasteiger partial charge in [-0.3, -0.25) is 0 Å². The van der Waals surface area contributed by atoms with E-state index in [4.69, 9.17) is 16.7 Å². The quantitative estimate of drug-likeness (QED) is 0.863. The summed E-state index contributed by atoms with van der Waals surface area (Å²) in [5.74, 6) is 0.805. The van der Waals surface area contributed by atoms with Crippen molar-refractivity contribution in [2.45, 2.75) is 18.4 Å². The van der Waals surface area contributed by atoms with E-state index in [0.717, 1.165) is 33.2 Å². The van der Waals surface area contributed by atoms with Crippen LogP contribution in [0.25, 0.3) is 0 Å². The number of aryl methyl sites for hydroxylation is 1. The van der Waals surface area contributed by atoms with E-state index in [-0.39, 0.29) is 0 Å². The number of thioether (sulfide) groups is 1. The molecule has 0 saturated heterocycles. The topological polar surface area (TPSA) is 37.3 Å². The van der Waals surface area contributed by atoms with E-state index in [2.05, 4.69) is 0 Å². The third-order valence-electron chi connectivity index (χ3n) is 3.06. The Hall–Kier alpha value is -1.45.